The van der Waals surface area contributed by atoms with Gasteiger partial charge in [0.05, 0.1) is 0 Å². The van der Waals surface area contributed by atoms with Gasteiger partial charge in [0, 0.05) is 43.7 Å². The van der Waals surface area contributed by atoms with Crippen LogP contribution in [0.5, 0.6) is 0 Å². The molecule has 4 N–H and O–H groups in total. The molecule has 192 valence electrons. The Morgan fingerprint density at radius 3 is 2.03 bits per heavy atom. The van der Waals surface area contributed by atoms with Gasteiger partial charge in [0.15, 0.2) is 5.60 Å². The number of allylic oxidation sites excluding steroid dienone is 1. The van der Waals surface area contributed by atoms with E-state index in [1.54, 1.807) is 0 Å². The maximum absolute atomic E-state index is 13.1. The highest BCUT2D eigenvalue weighted by atomic mass is 16.4. The number of aliphatic hydroxyl groups is 1. The molecular weight excluding hydrogens is 448 g/mol. The standard InChI is InChI=1S/C23H34N2O2.C4H4O4/c1-18(2)8-7-15-25-16-13-21(14-17-25)24-22(26)23(27,20-11-6-12-20)19-9-4-3-5-10-19;5-3(6)1-2-4(7)8/h3-5,8-10,20-21,27H,6-7,11-17H2,1-2H3,(H,24,26);1-2H,(H,5,6)(H,7,8)/b;2-1+. The van der Waals surface area contributed by atoms with Crippen molar-refractivity contribution < 1.29 is 29.7 Å². The highest BCUT2D eigenvalue weighted by Gasteiger charge is 2.48. The SMILES string of the molecule is CC(C)=CCCN1CCC(NC(=O)C(O)(c2ccccc2)C2CCC2)CC1.O=C(O)/C=C/C(=O)O. The van der Waals surface area contributed by atoms with Crippen molar-refractivity contribution in [3.63, 3.8) is 0 Å². The Bertz CT molecular complexity index is 882. The summed E-state index contributed by atoms with van der Waals surface area (Å²) in [4.78, 5) is 34.7. The lowest BCUT2D eigenvalue weighted by molar-refractivity contribution is -0.153. The molecule has 1 saturated heterocycles. The Kier molecular flexibility index (Phi) is 11.1. The zero-order valence-electron chi connectivity index (χ0n) is 20.7. The number of carbonyl (C=O) groups excluding carboxylic acids is 1. The zero-order valence-corrected chi connectivity index (χ0v) is 20.7. The normalized spacial score (nSPS) is 18.5. The van der Waals surface area contributed by atoms with Gasteiger partial charge in [-0.3, -0.25) is 4.79 Å². The molecule has 1 amide bonds. The van der Waals surface area contributed by atoms with Gasteiger partial charge in [-0.15, -0.1) is 0 Å². The number of amides is 1. The van der Waals surface area contributed by atoms with Crippen LogP contribution in [-0.2, 0) is 20.0 Å². The number of carbonyl (C=O) groups is 3. The lowest BCUT2D eigenvalue weighted by atomic mass is 9.69. The molecular formula is C27H38N2O6. The van der Waals surface area contributed by atoms with Gasteiger partial charge in [0.2, 0.25) is 0 Å². The molecule has 0 radical (unpaired) electrons. The number of benzene rings is 1. The van der Waals surface area contributed by atoms with Crippen molar-refractivity contribution in [2.45, 2.75) is 64.0 Å². The quantitative estimate of drug-likeness (QED) is 0.311. The zero-order chi connectivity index (χ0) is 25.8. The van der Waals surface area contributed by atoms with Gasteiger partial charge in [-0.2, -0.15) is 0 Å². The van der Waals surface area contributed by atoms with Gasteiger partial charge in [-0.1, -0.05) is 48.4 Å². The topological polar surface area (TPSA) is 127 Å². The minimum Gasteiger partial charge on any atom is -0.478 e. The van der Waals surface area contributed by atoms with E-state index in [0.717, 1.165) is 63.7 Å². The number of piperidine rings is 1. The van der Waals surface area contributed by atoms with E-state index in [1.165, 1.54) is 5.57 Å². The van der Waals surface area contributed by atoms with Crippen molar-refractivity contribution in [1.29, 1.82) is 0 Å². The summed E-state index contributed by atoms with van der Waals surface area (Å²) in [5, 5.41) is 30.2. The maximum atomic E-state index is 13.1. The molecule has 3 rings (SSSR count). The van der Waals surface area contributed by atoms with E-state index in [-0.39, 0.29) is 17.9 Å². The molecule has 0 bridgehead atoms. The highest BCUT2D eigenvalue weighted by Crippen LogP contribution is 2.42. The van der Waals surface area contributed by atoms with Crippen molar-refractivity contribution in [2.24, 2.45) is 5.92 Å². The largest absolute Gasteiger partial charge is 0.478 e. The molecule has 8 nitrogen and oxygen atoms in total. The van der Waals surface area contributed by atoms with Crippen molar-refractivity contribution in [2.75, 3.05) is 19.6 Å². The van der Waals surface area contributed by atoms with E-state index in [4.69, 9.17) is 10.2 Å². The fraction of sp³-hybridized carbons (Fsp3) is 0.519. The molecule has 0 aromatic heterocycles. The minimum absolute atomic E-state index is 0.0315. The van der Waals surface area contributed by atoms with Crippen molar-refractivity contribution in [1.82, 2.24) is 10.2 Å². The van der Waals surface area contributed by atoms with Crippen LogP contribution in [0.3, 0.4) is 0 Å². The molecule has 1 saturated carbocycles. The second-order valence-corrected chi connectivity index (χ2v) is 9.43. The van der Waals surface area contributed by atoms with Crippen LogP contribution in [0.25, 0.3) is 0 Å². The number of hydrogen-bond donors (Lipinski definition) is 4. The summed E-state index contributed by atoms with van der Waals surface area (Å²) >= 11 is 0. The van der Waals surface area contributed by atoms with Crippen LogP contribution in [0.15, 0.2) is 54.1 Å². The lowest BCUT2D eigenvalue weighted by Crippen LogP contribution is -2.55. The Morgan fingerprint density at radius 2 is 1.57 bits per heavy atom. The fourth-order valence-corrected chi connectivity index (χ4v) is 4.35. The average molecular weight is 487 g/mol. The van der Waals surface area contributed by atoms with Gasteiger partial charge < -0.3 is 25.5 Å². The van der Waals surface area contributed by atoms with Crippen LogP contribution in [0, 0.1) is 5.92 Å². The van der Waals surface area contributed by atoms with Crippen LogP contribution < -0.4 is 5.32 Å². The van der Waals surface area contributed by atoms with E-state index in [0.29, 0.717) is 12.2 Å². The summed E-state index contributed by atoms with van der Waals surface area (Å²) in [6.07, 6.45) is 9.33. The first-order chi connectivity index (χ1) is 16.6. The monoisotopic (exact) mass is 486 g/mol. The predicted octanol–water partition coefficient (Wildman–Crippen LogP) is 3.32. The number of hydrogen-bond acceptors (Lipinski definition) is 5. The number of rotatable bonds is 9. The third kappa shape index (κ3) is 8.96. The molecule has 1 aromatic rings. The molecule has 1 aliphatic carbocycles. The summed E-state index contributed by atoms with van der Waals surface area (Å²) in [7, 11) is 0. The smallest absolute Gasteiger partial charge is 0.328 e. The molecule has 8 heteroatoms. The number of likely N-dealkylation sites (tertiary alicyclic amines) is 1. The van der Waals surface area contributed by atoms with Crippen molar-refractivity contribution in [3.05, 3.63) is 59.7 Å². The molecule has 1 unspecified atom stereocenters. The number of nitrogens with zero attached hydrogens (tertiary/aromatic N) is 1. The lowest BCUT2D eigenvalue weighted by Gasteiger charge is -2.42. The predicted molar refractivity (Wildman–Crippen MR) is 134 cm³/mol. The molecule has 1 heterocycles. The van der Waals surface area contributed by atoms with Gasteiger partial charge in [0.25, 0.3) is 5.91 Å². The Labute approximate surface area is 207 Å². The van der Waals surface area contributed by atoms with Gasteiger partial charge >= 0.3 is 11.9 Å². The molecule has 2 aliphatic rings. The molecule has 1 aromatic carbocycles. The van der Waals surface area contributed by atoms with Crippen LogP contribution in [0.4, 0.5) is 0 Å². The summed E-state index contributed by atoms with van der Waals surface area (Å²) < 4.78 is 0. The summed E-state index contributed by atoms with van der Waals surface area (Å²) in [6.45, 7) is 7.38. The molecule has 2 fully saturated rings. The number of carboxylic acids is 2. The summed E-state index contributed by atoms with van der Waals surface area (Å²) in [5.41, 5.74) is 0.708. The Hall–Kier alpha value is -2.97. The molecule has 1 atom stereocenters. The van der Waals surface area contributed by atoms with Crippen LogP contribution in [0.2, 0.25) is 0 Å². The van der Waals surface area contributed by atoms with E-state index >= 15 is 0 Å². The third-order valence-electron chi connectivity index (χ3n) is 6.55. The maximum Gasteiger partial charge on any atom is 0.328 e. The minimum atomic E-state index is -1.39. The van der Waals surface area contributed by atoms with Gasteiger partial charge in [0.1, 0.15) is 0 Å². The van der Waals surface area contributed by atoms with Crippen molar-refractivity contribution >= 4 is 17.8 Å². The van der Waals surface area contributed by atoms with E-state index in [2.05, 4.69) is 30.1 Å². The first-order valence-corrected chi connectivity index (χ1v) is 12.2. The fourth-order valence-electron chi connectivity index (χ4n) is 4.35. The first-order valence-electron chi connectivity index (χ1n) is 12.2. The Morgan fingerprint density at radius 1 is 1.00 bits per heavy atom. The number of aliphatic carboxylic acids is 2. The van der Waals surface area contributed by atoms with E-state index in [9.17, 15) is 19.5 Å². The average Bonchev–Trinajstić information content (AvgIpc) is 2.78. The van der Waals surface area contributed by atoms with Crippen LogP contribution >= 0.6 is 0 Å². The molecule has 35 heavy (non-hydrogen) atoms. The first kappa shape index (κ1) is 28.3. The molecule has 0 spiro atoms. The van der Waals surface area contributed by atoms with Crippen molar-refractivity contribution in [3.8, 4) is 0 Å². The van der Waals surface area contributed by atoms with Crippen LogP contribution in [0.1, 0.15) is 57.9 Å². The van der Waals surface area contributed by atoms with E-state index in [1.807, 2.05) is 30.3 Å². The Balaban J connectivity index is 0.000000466. The third-order valence-corrected chi connectivity index (χ3v) is 6.55. The second-order valence-electron chi connectivity index (χ2n) is 9.43. The van der Waals surface area contributed by atoms with Crippen LogP contribution in [-0.4, -0.2) is 63.7 Å². The van der Waals surface area contributed by atoms with E-state index < -0.39 is 17.5 Å². The number of carboxylic acid groups (broad SMARTS) is 2. The highest BCUT2D eigenvalue weighted by molar-refractivity contribution is 5.89. The van der Waals surface area contributed by atoms with Gasteiger partial charge in [-0.05, 0) is 51.5 Å². The summed E-state index contributed by atoms with van der Waals surface area (Å²) in [6, 6.07) is 9.64. The van der Waals surface area contributed by atoms with Gasteiger partial charge in [-0.25, -0.2) is 9.59 Å². The second kappa shape index (κ2) is 13.8. The summed E-state index contributed by atoms with van der Waals surface area (Å²) in [5.74, 6) is -2.69. The number of nitrogens with one attached hydrogen (secondary N) is 1. The molecule has 1 aliphatic heterocycles.